The number of benzene rings is 2. The first kappa shape index (κ1) is 19.0. The summed E-state index contributed by atoms with van der Waals surface area (Å²) in [5.74, 6) is -0.0460. The van der Waals surface area contributed by atoms with Gasteiger partial charge in [-0.25, -0.2) is 8.42 Å². The van der Waals surface area contributed by atoms with Gasteiger partial charge in [0.15, 0.2) is 0 Å². The van der Waals surface area contributed by atoms with Crippen LogP contribution in [0.1, 0.15) is 26.7 Å². The van der Waals surface area contributed by atoms with Crippen LogP contribution in [0, 0.1) is 0 Å². The molecule has 0 radical (unpaired) electrons. The summed E-state index contributed by atoms with van der Waals surface area (Å²) >= 11 is 0. The van der Waals surface area contributed by atoms with Gasteiger partial charge in [-0.05, 0) is 37.6 Å². The van der Waals surface area contributed by atoms with Crippen molar-refractivity contribution in [3.8, 4) is 0 Å². The number of fused-ring (bicyclic) bond motifs is 1. The molecule has 1 aliphatic rings. The summed E-state index contributed by atoms with van der Waals surface area (Å²) in [5.41, 5.74) is 1.45. The van der Waals surface area contributed by atoms with Gasteiger partial charge in [0, 0.05) is 12.2 Å². The summed E-state index contributed by atoms with van der Waals surface area (Å²) in [6.45, 7) is 3.94. The van der Waals surface area contributed by atoms with E-state index in [4.69, 9.17) is 0 Å². The number of unbranched alkanes of at least 4 members (excludes halogenated alkanes) is 1. The highest BCUT2D eigenvalue weighted by Crippen LogP contribution is 2.34. The Hall–Kier alpha value is -2.80. The molecule has 0 saturated carbocycles. The molecule has 1 heterocycles. The van der Waals surface area contributed by atoms with Crippen LogP contribution in [-0.4, -0.2) is 25.2 Å². The lowest BCUT2D eigenvalue weighted by molar-refractivity contribution is -0.112. The third-order valence-electron chi connectivity index (χ3n) is 4.40. The molecule has 0 aromatic heterocycles. The largest absolute Gasteiger partial charge is 0.340 e. The maximum atomic E-state index is 13.1. The van der Waals surface area contributed by atoms with Crippen molar-refractivity contribution >= 4 is 27.3 Å². The molecule has 3 rings (SSSR count). The van der Waals surface area contributed by atoms with E-state index in [9.17, 15) is 13.2 Å². The molecule has 0 atom stereocenters. The molecule has 1 amide bonds. The van der Waals surface area contributed by atoms with E-state index in [0.717, 1.165) is 6.42 Å². The summed E-state index contributed by atoms with van der Waals surface area (Å²) in [6.07, 6.45) is 1.54. The Kier molecular flexibility index (Phi) is 5.51. The van der Waals surface area contributed by atoms with E-state index in [1.165, 1.54) is 4.31 Å². The van der Waals surface area contributed by atoms with Crippen molar-refractivity contribution in [2.24, 2.45) is 0 Å². The van der Waals surface area contributed by atoms with Crippen LogP contribution in [-0.2, 0) is 14.8 Å². The van der Waals surface area contributed by atoms with Crippen molar-refractivity contribution in [3.63, 3.8) is 0 Å². The number of anilines is 2. The zero-order chi connectivity index (χ0) is 19.4. The Labute approximate surface area is 159 Å². The summed E-state index contributed by atoms with van der Waals surface area (Å²) < 4.78 is 27.6. The second-order valence-electron chi connectivity index (χ2n) is 6.35. The van der Waals surface area contributed by atoms with E-state index in [1.54, 1.807) is 43.3 Å². The standard InChI is InChI=1S/C20H23N3O3S/c1-3-4-14-23-19(15(2)20(24)21-16-10-6-5-7-11-16)22-17-12-8-9-13-18(17)27(23,25)26/h5-13,22H,3-4,14H2,1-2H3,(H,21,24)/b19-15-. The highest BCUT2D eigenvalue weighted by atomic mass is 32.2. The van der Waals surface area contributed by atoms with Crippen LogP contribution in [0.2, 0.25) is 0 Å². The van der Waals surface area contributed by atoms with Crippen LogP contribution < -0.4 is 10.6 Å². The van der Waals surface area contributed by atoms with Gasteiger partial charge >= 0.3 is 0 Å². The smallest absolute Gasteiger partial charge is 0.267 e. The lowest BCUT2D eigenvalue weighted by Gasteiger charge is -2.34. The van der Waals surface area contributed by atoms with E-state index in [1.807, 2.05) is 25.1 Å². The number of nitrogens with one attached hydrogen (secondary N) is 2. The minimum atomic E-state index is -3.72. The van der Waals surface area contributed by atoms with E-state index < -0.39 is 10.0 Å². The fourth-order valence-corrected chi connectivity index (χ4v) is 4.57. The fraction of sp³-hybridized carbons (Fsp3) is 0.250. The zero-order valence-electron chi connectivity index (χ0n) is 15.4. The summed E-state index contributed by atoms with van der Waals surface area (Å²) in [5, 5.41) is 5.95. The topological polar surface area (TPSA) is 78.5 Å². The molecule has 0 aliphatic carbocycles. The van der Waals surface area contributed by atoms with Crippen molar-refractivity contribution < 1.29 is 13.2 Å². The van der Waals surface area contributed by atoms with Crippen LogP contribution >= 0.6 is 0 Å². The normalized spacial score (nSPS) is 16.9. The zero-order valence-corrected chi connectivity index (χ0v) is 16.2. The second kappa shape index (κ2) is 7.84. The van der Waals surface area contributed by atoms with Gasteiger partial charge in [-0.1, -0.05) is 43.7 Å². The summed E-state index contributed by atoms with van der Waals surface area (Å²) in [6, 6.07) is 15.8. The number of carbonyl (C=O) groups is 1. The maximum absolute atomic E-state index is 13.1. The van der Waals surface area contributed by atoms with E-state index >= 15 is 0 Å². The Morgan fingerprint density at radius 2 is 1.74 bits per heavy atom. The molecule has 0 spiro atoms. The number of amides is 1. The summed E-state index contributed by atoms with van der Waals surface area (Å²) in [4.78, 5) is 12.9. The molecular weight excluding hydrogens is 362 g/mol. The number of carbonyl (C=O) groups excluding carboxylic acids is 1. The van der Waals surface area contributed by atoms with Gasteiger partial charge in [0.05, 0.1) is 11.3 Å². The lowest BCUT2D eigenvalue weighted by Crippen LogP contribution is -2.40. The molecule has 0 unspecified atom stereocenters. The number of para-hydroxylation sites is 2. The molecule has 0 bridgehead atoms. The van der Waals surface area contributed by atoms with Crippen molar-refractivity contribution in [2.45, 2.75) is 31.6 Å². The highest BCUT2D eigenvalue weighted by Gasteiger charge is 2.35. The van der Waals surface area contributed by atoms with Crippen molar-refractivity contribution in [1.29, 1.82) is 0 Å². The number of rotatable bonds is 5. The fourth-order valence-electron chi connectivity index (χ4n) is 2.89. The van der Waals surface area contributed by atoms with Gasteiger partial charge in [0.25, 0.3) is 15.9 Å². The number of sulfonamides is 1. The maximum Gasteiger partial charge on any atom is 0.267 e. The number of hydrogen-bond acceptors (Lipinski definition) is 4. The molecule has 0 saturated heterocycles. The van der Waals surface area contributed by atoms with Gasteiger partial charge in [0.2, 0.25) is 0 Å². The quantitative estimate of drug-likeness (QED) is 0.768. The van der Waals surface area contributed by atoms with E-state index in [2.05, 4.69) is 10.6 Å². The average Bonchev–Trinajstić information content (AvgIpc) is 2.67. The molecule has 27 heavy (non-hydrogen) atoms. The minimum absolute atomic E-state index is 0.223. The van der Waals surface area contributed by atoms with Crippen LogP contribution in [0.15, 0.2) is 70.9 Å². The summed E-state index contributed by atoms with van der Waals surface area (Å²) in [7, 11) is -3.72. The molecule has 6 nitrogen and oxygen atoms in total. The highest BCUT2D eigenvalue weighted by molar-refractivity contribution is 7.89. The first-order valence-corrected chi connectivity index (χ1v) is 10.3. The van der Waals surface area contributed by atoms with Crippen LogP contribution in [0.4, 0.5) is 11.4 Å². The molecule has 0 fully saturated rings. The SMILES string of the molecule is CCCCN1/C(=C(/C)C(=O)Nc2ccccc2)Nc2ccccc2S1(=O)=O. The predicted molar refractivity (Wildman–Crippen MR) is 107 cm³/mol. The van der Waals surface area contributed by atoms with Crippen molar-refractivity contribution in [1.82, 2.24) is 4.31 Å². The third kappa shape index (κ3) is 3.83. The van der Waals surface area contributed by atoms with Crippen LogP contribution in [0.3, 0.4) is 0 Å². The molecule has 2 aromatic carbocycles. The number of hydrogen-bond donors (Lipinski definition) is 2. The third-order valence-corrected chi connectivity index (χ3v) is 6.26. The van der Waals surface area contributed by atoms with Crippen LogP contribution in [0.5, 0.6) is 0 Å². The molecule has 1 aliphatic heterocycles. The Morgan fingerprint density at radius 3 is 2.44 bits per heavy atom. The Bertz CT molecular complexity index is 969. The van der Waals surface area contributed by atoms with Crippen molar-refractivity contribution in [3.05, 3.63) is 66.0 Å². The van der Waals surface area contributed by atoms with Crippen molar-refractivity contribution in [2.75, 3.05) is 17.2 Å². The monoisotopic (exact) mass is 385 g/mol. The molecule has 2 aromatic rings. The predicted octanol–water partition coefficient (Wildman–Crippen LogP) is 3.77. The van der Waals surface area contributed by atoms with Gasteiger partial charge in [-0.3, -0.25) is 9.10 Å². The first-order chi connectivity index (χ1) is 12.9. The lowest BCUT2D eigenvalue weighted by atomic mass is 10.2. The first-order valence-electron chi connectivity index (χ1n) is 8.91. The van der Waals surface area contributed by atoms with E-state index in [0.29, 0.717) is 35.7 Å². The van der Waals surface area contributed by atoms with E-state index in [-0.39, 0.29) is 10.8 Å². The molecule has 142 valence electrons. The number of nitrogens with zero attached hydrogens (tertiary/aromatic N) is 1. The second-order valence-corrected chi connectivity index (χ2v) is 8.18. The van der Waals surface area contributed by atoms with Gasteiger partial charge in [-0.2, -0.15) is 0 Å². The van der Waals surface area contributed by atoms with Crippen LogP contribution in [0.25, 0.3) is 0 Å². The molecular formula is C20H23N3O3S. The van der Waals surface area contributed by atoms with Gasteiger partial charge < -0.3 is 10.6 Å². The van der Waals surface area contributed by atoms with Gasteiger partial charge in [-0.15, -0.1) is 0 Å². The van der Waals surface area contributed by atoms with Gasteiger partial charge in [0.1, 0.15) is 10.7 Å². The Balaban J connectivity index is 2.02. The average molecular weight is 385 g/mol. The Morgan fingerprint density at radius 1 is 1.07 bits per heavy atom. The minimum Gasteiger partial charge on any atom is -0.340 e. The molecule has 2 N–H and O–H groups in total. The molecule has 7 heteroatoms.